The molecule has 34 heavy (non-hydrogen) atoms. The molecule has 5 rings (SSSR count). The summed E-state index contributed by atoms with van der Waals surface area (Å²) >= 11 is 0. The largest absolute Gasteiger partial charge is 0.481 e. The van der Waals surface area contributed by atoms with Crippen molar-refractivity contribution < 1.29 is 24.2 Å². The van der Waals surface area contributed by atoms with E-state index in [0.29, 0.717) is 19.5 Å². The van der Waals surface area contributed by atoms with Crippen molar-refractivity contribution in [2.24, 2.45) is 17.8 Å². The Kier molecular flexibility index (Phi) is 5.86. The third-order valence-electron chi connectivity index (χ3n) is 7.43. The zero-order chi connectivity index (χ0) is 23.8. The molecule has 1 saturated carbocycles. The number of hydrogen-bond donors (Lipinski definition) is 2. The fourth-order valence-electron chi connectivity index (χ4n) is 5.70. The highest BCUT2D eigenvalue weighted by Gasteiger charge is 2.57. The van der Waals surface area contributed by atoms with Gasteiger partial charge in [0.25, 0.3) is 0 Å². The number of alkyl carbamates (subject to hydrolysis) is 1. The zero-order valence-electron chi connectivity index (χ0n) is 18.9. The number of amides is 2. The number of benzene rings is 2. The summed E-state index contributed by atoms with van der Waals surface area (Å²) in [5.41, 5.74) is 4.54. The molecule has 0 bridgehead atoms. The number of carboxylic acid groups (broad SMARTS) is 1. The molecule has 2 N–H and O–H groups in total. The van der Waals surface area contributed by atoms with E-state index in [1.807, 2.05) is 24.3 Å². The molecule has 1 saturated heterocycles. The van der Waals surface area contributed by atoms with Gasteiger partial charge in [0, 0.05) is 19.0 Å². The van der Waals surface area contributed by atoms with E-state index in [4.69, 9.17) is 4.74 Å². The van der Waals surface area contributed by atoms with E-state index in [9.17, 15) is 19.5 Å². The first-order chi connectivity index (χ1) is 16.5. The number of aliphatic carboxylic acids is 1. The van der Waals surface area contributed by atoms with E-state index < -0.39 is 18.1 Å². The molecule has 2 amide bonds. The number of fused-ring (bicyclic) bond motifs is 4. The molecule has 2 aliphatic carbocycles. The third-order valence-corrected chi connectivity index (χ3v) is 7.43. The predicted molar refractivity (Wildman–Crippen MR) is 126 cm³/mol. The van der Waals surface area contributed by atoms with Crippen LogP contribution in [0, 0.1) is 17.8 Å². The van der Waals surface area contributed by atoms with Crippen molar-refractivity contribution in [2.75, 3.05) is 19.7 Å². The van der Waals surface area contributed by atoms with Gasteiger partial charge in [0.05, 0.1) is 5.92 Å². The van der Waals surface area contributed by atoms with Crippen molar-refractivity contribution in [1.29, 1.82) is 0 Å². The van der Waals surface area contributed by atoms with Crippen LogP contribution in [0.3, 0.4) is 0 Å². The molecule has 1 heterocycles. The number of hydrogen-bond acceptors (Lipinski definition) is 4. The maximum absolute atomic E-state index is 13.1. The van der Waals surface area contributed by atoms with Gasteiger partial charge in [-0.1, -0.05) is 54.6 Å². The second-order valence-electron chi connectivity index (χ2n) is 9.31. The number of nitrogens with zero attached hydrogens (tertiary/aromatic N) is 1. The lowest BCUT2D eigenvalue weighted by Gasteiger charge is -2.30. The van der Waals surface area contributed by atoms with Crippen molar-refractivity contribution >= 4 is 18.0 Å². The second-order valence-corrected chi connectivity index (χ2v) is 9.31. The molecule has 1 aliphatic heterocycles. The first kappa shape index (κ1) is 22.2. The van der Waals surface area contributed by atoms with Gasteiger partial charge >= 0.3 is 12.1 Å². The van der Waals surface area contributed by atoms with Crippen molar-refractivity contribution in [2.45, 2.75) is 24.8 Å². The summed E-state index contributed by atoms with van der Waals surface area (Å²) in [6, 6.07) is 15.4. The number of carbonyl (C=O) groups excluding carboxylic acids is 2. The van der Waals surface area contributed by atoms with Crippen LogP contribution in [0.25, 0.3) is 11.1 Å². The van der Waals surface area contributed by atoms with Crippen molar-refractivity contribution in [3.63, 3.8) is 0 Å². The van der Waals surface area contributed by atoms with Crippen LogP contribution in [-0.2, 0) is 14.3 Å². The Bertz CT molecular complexity index is 1100. The quantitative estimate of drug-likeness (QED) is 0.615. The number of nitrogens with one attached hydrogen (secondary N) is 1. The highest BCUT2D eigenvalue weighted by molar-refractivity contribution is 5.86. The topological polar surface area (TPSA) is 95.9 Å². The Morgan fingerprint density at radius 3 is 2.35 bits per heavy atom. The summed E-state index contributed by atoms with van der Waals surface area (Å²) in [6.45, 7) is 4.80. The minimum atomic E-state index is -0.788. The summed E-state index contributed by atoms with van der Waals surface area (Å²) in [5.74, 6) is -1.26. The average molecular weight is 461 g/mol. The minimum absolute atomic E-state index is 0.00837. The van der Waals surface area contributed by atoms with Crippen molar-refractivity contribution in [1.82, 2.24) is 10.2 Å². The van der Waals surface area contributed by atoms with Crippen LogP contribution >= 0.6 is 0 Å². The van der Waals surface area contributed by atoms with Gasteiger partial charge in [0.2, 0.25) is 5.91 Å². The standard InChI is InChI=1S/C27H28N2O5/c1-2-7-23(25(30)29-13-12-20-21(14-29)24(20)26(31)32)28-27(33)34-15-22-18-10-5-3-8-16(18)17-9-4-6-11-19(17)22/h2-6,8-11,20-24H,1,7,12-15H2,(H,28,33)(H,31,32). The molecular weight excluding hydrogens is 432 g/mol. The number of carboxylic acids is 1. The van der Waals surface area contributed by atoms with Crippen molar-refractivity contribution in [3.05, 3.63) is 72.3 Å². The highest BCUT2D eigenvalue weighted by atomic mass is 16.5. The SMILES string of the molecule is C=CCC(NC(=O)OCC1c2ccccc2-c2ccccc21)C(=O)N1CCC2C(C1)C2C(=O)O. The summed E-state index contributed by atoms with van der Waals surface area (Å²) in [4.78, 5) is 38.8. The minimum Gasteiger partial charge on any atom is -0.481 e. The molecule has 0 spiro atoms. The van der Waals surface area contributed by atoms with Gasteiger partial charge in [-0.25, -0.2) is 4.79 Å². The average Bonchev–Trinajstić information content (AvgIpc) is 3.49. The fourth-order valence-corrected chi connectivity index (χ4v) is 5.70. The zero-order valence-corrected chi connectivity index (χ0v) is 18.9. The number of rotatable bonds is 7. The number of carbonyl (C=O) groups is 3. The van der Waals surface area contributed by atoms with E-state index in [-0.39, 0.29) is 42.6 Å². The maximum atomic E-state index is 13.1. The fraction of sp³-hybridized carbons (Fsp3) is 0.370. The molecule has 4 unspecified atom stereocenters. The van der Waals surface area contributed by atoms with Crippen LogP contribution in [0.15, 0.2) is 61.2 Å². The van der Waals surface area contributed by atoms with Gasteiger partial charge in [0.1, 0.15) is 12.6 Å². The van der Waals surface area contributed by atoms with Gasteiger partial charge in [0.15, 0.2) is 0 Å². The Balaban J connectivity index is 1.21. The molecule has 7 heteroatoms. The molecule has 3 aliphatic rings. The number of piperidine rings is 1. The summed E-state index contributed by atoms with van der Waals surface area (Å²) in [5, 5.41) is 12.0. The van der Waals surface area contributed by atoms with Gasteiger partial charge in [-0.15, -0.1) is 6.58 Å². The smallest absolute Gasteiger partial charge is 0.407 e. The summed E-state index contributed by atoms with van der Waals surface area (Å²) < 4.78 is 5.60. The van der Waals surface area contributed by atoms with E-state index in [1.165, 1.54) is 0 Å². The summed E-state index contributed by atoms with van der Waals surface area (Å²) in [6.07, 6.45) is 1.90. The third kappa shape index (κ3) is 3.95. The Morgan fingerprint density at radius 1 is 1.09 bits per heavy atom. The second kappa shape index (κ2) is 8.97. The molecule has 0 aromatic heterocycles. The molecule has 4 atom stereocenters. The van der Waals surface area contributed by atoms with Crippen LogP contribution in [0.2, 0.25) is 0 Å². The summed E-state index contributed by atoms with van der Waals surface area (Å²) in [7, 11) is 0. The molecule has 2 aromatic rings. The Labute approximate surface area is 198 Å². The molecular formula is C27H28N2O5. The molecule has 0 radical (unpaired) electrons. The van der Waals surface area contributed by atoms with Crippen LogP contribution in [0.5, 0.6) is 0 Å². The van der Waals surface area contributed by atoms with Gasteiger partial charge in [-0.2, -0.15) is 0 Å². The lowest BCUT2D eigenvalue weighted by Crippen LogP contribution is -2.50. The Hall–Kier alpha value is -3.61. The number of ether oxygens (including phenoxy) is 1. The van der Waals surface area contributed by atoms with Crippen LogP contribution < -0.4 is 5.32 Å². The van der Waals surface area contributed by atoms with E-state index in [0.717, 1.165) is 22.3 Å². The maximum Gasteiger partial charge on any atom is 0.407 e. The first-order valence-electron chi connectivity index (χ1n) is 11.7. The first-order valence-corrected chi connectivity index (χ1v) is 11.7. The molecule has 2 aromatic carbocycles. The van der Waals surface area contributed by atoms with Crippen molar-refractivity contribution in [3.8, 4) is 11.1 Å². The monoisotopic (exact) mass is 460 g/mol. The molecule has 7 nitrogen and oxygen atoms in total. The molecule has 2 fully saturated rings. The Morgan fingerprint density at radius 2 is 1.74 bits per heavy atom. The predicted octanol–water partition coefficient (Wildman–Crippen LogP) is 3.65. The van der Waals surface area contributed by atoms with Gasteiger partial charge in [-0.3, -0.25) is 9.59 Å². The highest BCUT2D eigenvalue weighted by Crippen LogP contribution is 2.51. The van der Waals surface area contributed by atoms with Gasteiger partial charge < -0.3 is 20.1 Å². The van der Waals surface area contributed by atoms with E-state index in [2.05, 4.69) is 36.2 Å². The van der Waals surface area contributed by atoms with Crippen LogP contribution in [0.1, 0.15) is 29.9 Å². The lowest BCUT2D eigenvalue weighted by molar-refractivity contribution is -0.139. The van der Waals surface area contributed by atoms with E-state index >= 15 is 0 Å². The lowest BCUT2D eigenvalue weighted by atomic mass is 9.98. The molecule has 176 valence electrons. The normalized spacial score (nSPS) is 23.2. The number of likely N-dealkylation sites (tertiary alicyclic amines) is 1. The van der Waals surface area contributed by atoms with E-state index in [1.54, 1.807) is 11.0 Å². The van der Waals surface area contributed by atoms with Gasteiger partial charge in [-0.05, 0) is 46.9 Å². The van der Waals surface area contributed by atoms with Crippen LogP contribution in [-0.4, -0.2) is 53.7 Å². The van der Waals surface area contributed by atoms with Crippen LogP contribution in [0.4, 0.5) is 4.79 Å².